The quantitative estimate of drug-likeness (QED) is 0.794. The molecule has 1 rings (SSSR count). The molecule has 0 aliphatic heterocycles. The third kappa shape index (κ3) is 1.74. The summed E-state index contributed by atoms with van der Waals surface area (Å²) in [7, 11) is 0. The maximum absolute atomic E-state index is 10.5. The van der Waals surface area contributed by atoms with Gasteiger partial charge >= 0.3 is 5.97 Å². The van der Waals surface area contributed by atoms with E-state index in [4.69, 9.17) is 10.4 Å². The second-order valence-electron chi connectivity index (χ2n) is 2.11. The van der Waals surface area contributed by atoms with Crippen molar-refractivity contribution in [1.82, 2.24) is 0 Å². The fourth-order valence-corrected chi connectivity index (χ4v) is 1.20. The van der Waals surface area contributed by atoms with Crippen molar-refractivity contribution in [3.63, 3.8) is 0 Å². The molecule has 0 atom stereocenters. The van der Waals surface area contributed by atoms with E-state index in [2.05, 4.69) is 0 Å². The lowest BCUT2D eigenvalue weighted by molar-refractivity contribution is 0.0697. The molecule has 4 heteroatoms. The van der Waals surface area contributed by atoms with Gasteiger partial charge in [0.1, 0.15) is 6.07 Å². The highest BCUT2D eigenvalue weighted by molar-refractivity contribution is 14.1. The predicted molar refractivity (Wildman–Crippen MR) is 50.8 cm³/mol. The summed E-state index contributed by atoms with van der Waals surface area (Å²) in [6.45, 7) is 0. The fraction of sp³-hybridized carbons (Fsp3) is 0. The van der Waals surface area contributed by atoms with Gasteiger partial charge in [-0.15, -0.1) is 0 Å². The Morgan fingerprint density at radius 2 is 2.25 bits per heavy atom. The molecular formula is C8H4INO2. The first kappa shape index (κ1) is 9.00. The van der Waals surface area contributed by atoms with E-state index in [0.29, 0.717) is 5.56 Å². The Kier molecular flexibility index (Phi) is 2.65. The molecule has 0 unspecified atom stereocenters. The van der Waals surface area contributed by atoms with Gasteiger partial charge in [-0.25, -0.2) is 4.79 Å². The number of nitriles is 1. The highest BCUT2D eigenvalue weighted by Gasteiger charge is 2.05. The summed E-state index contributed by atoms with van der Waals surface area (Å²) in [5, 5.41) is 17.2. The van der Waals surface area contributed by atoms with Crippen LogP contribution in [0.15, 0.2) is 18.2 Å². The lowest BCUT2D eigenvalue weighted by Gasteiger charge is -1.96. The largest absolute Gasteiger partial charge is 0.478 e. The Morgan fingerprint density at radius 1 is 1.58 bits per heavy atom. The second-order valence-corrected chi connectivity index (χ2v) is 3.27. The number of carboxylic acids is 1. The standard InChI is InChI=1S/C8H4INO2/c9-7-2-1-5(8(11)12)3-6(7)4-10/h1-3H,(H,11,12). The highest BCUT2D eigenvalue weighted by atomic mass is 127. The summed E-state index contributed by atoms with van der Waals surface area (Å²) in [5.41, 5.74) is 0.544. The van der Waals surface area contributed by atoms with E-state index in [9.17, 15) is 4.79 Å². The van der Waals surface area contributed by atoms with Gasteiger partial charge in [0.25, 0.3) is 0 Å². The molecule has 0 heterocycles. The molecule has 60 valence electrons. The first-order valence-electron chi connectivity index (χ1n) is 3.08. The van der Waals surface area contributed by atoms with Crippen LogP contribution in [0.2, 0.25) is 0 Å². The first-order valence-corrected chi connectivity index (χ1v) is 4.16. The molecule has 12 heavy (non-hydrogen) atoms. The fourth-order valence-electron chi connectivity index (χ4n) is 0.744. The molecule has 0 saturated carbocycles. The molecule has 1 aromatic carbocycles. The van der Waals surface area contributed by atoms with Crippen LogP contribution in [0.3, 0.4) is 0 Å². The van der Waals surface area contributed by atoms with Gasteiger partial charge in [-0.2, -0.15) is 5.26 Å². The molecule has 0 fully saturated rings. The van der Waals surface area contributed by atoms with E-state index in [1.54, 1.807) is 6.07 Å². The number of benzene rings is 1. The van der Waals surface area contributed by atoms with Crippen LogP contribution in [-0.2, 0) is 0 Å². The van der Waals surface area contributed by atoms with Gasteiger partial charge < -0.3 is 5.11 Å². The number of aromatic carboxylic acids is 1. The molecule has 0 aromatic heterocycles. The lowest BCUT2D eigenvalue weighted by atomic mass is 10.1. The zero-order valence-corrected chi connectivity index (χ0v) is 8.07. The first-order chi connectivity index (χ1) is 5.65. The summed E-state index contributed by atoms with van der Waals surface area (Å²) < 4.78 is 0.764. The molecule has 0 aliphatic rings. The van der Waals surface area contributed by atoms with Gasteiger partial charge in [-0.05, 0) is 40.8 Å². The van der Waals surface area contributed by atoms with Crippen molar-refractivity contribution < 1.29 is 9.90 Å². The topological polar surface area (TPSA) is 61.1 Å². The van der Waals surface area contributed by atoms with Crippen LogP contribution >= 0.6 is 22.6 Å². The summed E-state index contributed by atoms with van der Waals surface area (Å²) >= 11 is 1.99. The Bertz CT molecular complexity index is 368. The number of nitrogens with zero attached hydrogens (tertiary/aromatic N) is 1. The Labute approximate surface area is 82.8 Å². The van der Waals surface area contributed by atoms with Crippen LogP contribution in [0.25, 0.3) is 0 Å². The zero-order chi connectivity index (χ0) is 9.14. The number of hydrogen-bond donors (Lipinski definition) is 1. The molecule has 1 aromatic rings. The minimum Gasteiger partial charge on any atom is -0.478 e. The minimum absolute atomic E-state index is 0.145. The number of carboxylic acid groups (broad SMARTS) is 1. The molecule has 0 saturated heterocycles. The van der Waals surface area contributed by atoms with E-state index in [0.717, 1.165) is 3.57 Å². The summed E-state index contributed by atoms with van der Waals surface area (Å²) in [5.74, 6) is -1.01. The number of hydrogen-bond acceptors (Lipinski definition) is 2. The van der Waals surface area contributed by atoms with Crippen molar-refractivity contribution in [3.05, 3.63) is 32.9 Å². The Morgan fingerprint density at radius 3 is 2.75 bits per heavy atom. The maximum Gasteiger partial charge on any atom is 0.335 e. The molecule has 0 spiro atoms. The molecule has 1 N–H and O–H groups in total. The van der Waals surface area contributed by atoms with Gasteiger partial charge in [-0.1, -0.05) is 0 Å². The predicted octanol–water partition coefficient (Wildman–Crippen LogP) is 1.86. The molecule has 0 aliphatic carbocycles. The van der Waals surface area contributed by atoms with Crippen molar-refractivity contribution in [1.29, 1.82) is 5.26 Å². The Hall–Kier alpha value is -1.09. The van der Waals surface area contributed by atoms with E-state index < -0.39 is 5.97 Å². The van der Waals surface area contributed by atoms with Crippen LogP contribution in [0.5, 0.6) is 0 Å². The SMILES string of the molecule is N#Cc1cc(C(=O)O)ccc1I. The van der Waals surface area contributed by atoms with Crippen molar-refractivity contribution in [2.24, 2.45) is 0 Å². The number of rotatable bonds is 1. The van der Waals surface area contributed by atoms with Gasteiger partial charge in [0, 0.05) is 3.57 Å². The highest BCUT2D eigenvalue weighted by Crippen LogP contribution is 2.13. The summed E-state index contributed by atoms with van der Waals surface area (Å²) in [6, 6.07) is 6.38. The molecule has 0 radical (unpaired) electrons. The normalized spacial score (nSPS) is 9.00. The Balaban J connectivity index is 3.25. The van der Waals surface area contributed by atoms with E-state index in [1.165, 1.54) is 12.1 Å². The number of carbonyl (C=O) groups is 1. The van der Waals surface area contributed by atoms with Crippen molar-refractivity contribution in [3.8, 4) is 6.07 Å². The molecular weight excluding hydrogens is 269 g/mol. The van der Waals surface area contributed by atoms with Crippen LogP contribution in [0.1, 0.15) is 15.9 Å². The van der Waals surface area contributed by atoms with Gasteiger partial charge in [0.05, 0.1) is 11.1 Å². The van der Waals surface area contributed by atoms with Crippen LogP contribution < -0.4 is 0 Å². The van der Waals surface area contributed by atoms with E-state index in [1.807, 2.05) is 28.7 Å². The van der Waals surface area contributed by atoms with E-state index >= 15 is 0 Å². The van der Waals surface area contributed by atoms with Gasteiger partial charge in [0.15, 0.2) is 0 Å². The smallest absolute Gasteiger partial charge is 0.335 e. The third-order valence-electron chi connectivity index (χ3n) is 1.33. The molecule has 3 nitrogen and oxygen atoms in total. The summed E-state index contributed by atoms with van der Waals surface area (Å²) in [6.07, 6.45) is 0. The van der Waals surface area contributed by atoms with E-state index in [-0.39, 0.29) is 5.56 Å². The number of halogens is 1. The summed E-state index contributed by atoms with van der Waals surface area (Å²) in [4.78, 5) is 10.5. The van der Waals surface area contributed by atoms with Crippen molar-refractivity contribution in [2.75, 3.05) is 0 Å². The minimum atomic E-state index is -1.01. The average molecular weight is 273 g/mol. The average Bonchev–Trinajstić information content (AvgIpc) is 2.05. The third-order valence-corrected chi connectivity index (χ3v) is 2.27. The van der Waals surface area contributed by atoms with Gasteiger partial charge in [0.2, 0.25) is 0 Å². The monoisotopic (exact) mass is 273 g/mol. The van der Waals surface area contributed by atoms with Gasteiger partial charge in [-0.3, -0.25) is 0 Å². The van der Waals surface area contributed by atoms with Crippen molar-refractivity contribution in [2.45, 2.75) is 0 Å². The lowest BCUT2D eigenvalue weighted by Crippen LogP contribution is -1.97. The van der Waals surface area contributed by atoms with Crippen LogP contribution in [0.4, 0.5) is 0 Å². The molecule has 0 amide bonds. The van der Waals surface area contributed by atoms with Crippen LogP contribution in [0, 0.1) is 14.9 Å². The second kappa shape index (κ2) is 3.54. The van der Waals surface area contributed by atoms with Crippen molar-refractivity contribution >= 4 is 28.6 Å². The zero-order valence-electron chi connectivity index (χ0n) is 5.91. The van der Waals surface area contributed by atoms with Crippen LogP contribution in [-0.4, -0.2) is 11.1 Å². The maximum atomic E-state index is 10.5. The molecule has 0 bridgehead atoms.